The van der Waals surface area contributed by atoms with E-state index in [1.807, 2.05) is 6.92 Å². The first-order valence-electron chi connectivity index (χ1n) is 4.81. The SMILES string of the molecule is CCOC(=O)c1cc(Cl)c2nc(C)cn2n1. The quantitative estimate of drug-likeness (QED) is 0.751. The van der Waals surface area contributed by atoms with E-state index >= 15 is 0 Å². The number of carbonyl (C=O) groups is 1. The molecular weight excluding hydrogens is 230 g/mol. The number of halogens is 1. The number of imidazole rings is 1. The van der Waals surface area contributed by atoms with Gasteiger partial charge >= 0.3 is 5.97 Å². The Morgan fingerprint density at radius 2 is 2.38 bits per heavy atom. The van der Waals surface area contributed by atoms with Crippen LogP contribution in [-0.4, -0.2) is 27.2 Å². The molecule has 0 saturated heterocycles. The molecule has 0 bridgehead atoms. The standard InChI is InChI=1S/C10H10ClN3O2/c1-3-16-10(15)8-4-7(11)9-12-6(2)5-14(9)13-8/h4-5H,3H2,1-2H3. The third-order valence-corrected chi connectivity index (χ3v) is 2.26. The lowest BCUT2D eigenvalue weighted by molar-refractivity contribution is 0.0517. The zero-order valence-corrected chi connectivity index (χ0v) is 9.65. The van der Waals surface area contributed by atoms with Crippen molar-refractivity contribution in [2.24, 2.45) is 0 Å². The van der Waals surface area contributed by atoms with Gasteiger partial charge in [-0.05, 0) is 19.9 Å². The Balaban J connectivity index is 2.53. The van der Waals surface area contributed by atoms with Crippen molar-refractivity contribution < 1.29 is 9.53 Å². The predicted octanol–water partition coefficient (Wildman–Crippen LogP) is 1.87. The maximum absolute atomic E-state index is 11.5. The van der Waals surface area contributed by atoms with Gasteiger partial charge in [0.05, 0.1) is 23.5 Å². The summed E-state index contributed by atoms with van der Waals surface area (Å²) in [5.74, 6) is -0.488. The summed E-state index contributed by atoms with van der Waals surface area (Å²) in [6.07, 6.45) is 1.70. The van der Waals surface area contributed by atoms with Crippen LogP contribution in [0.5, 0.6) is 0 Å². The molecule has 2 aromatic heterocycles. The van der Waals surface area contributed by atoms with Crippen molar-refractivity contribution in [3.05, 3.63) is 28.7 Å². The summed E-state index contributed by atoms with van der Waals surface area (Å²) in [5.41, 5.74) is 1.50. The average Bonchev–Trinajstić information content (AvgIpc) is 2.59. The van der Waals surface area contributed by atoms with E-state index in [2.05, 4.69) is 10.1 Å². The van der Waals surface area contributed by atoms with E-state index in [1.54, 1.807) is 13.1 Å². The van der Waals surface area contributed by atoms with Crippen LogP contribution in [0.3, 0.4) is 0 Å². The molecule has 0 aromatic carbocycles. The number of aromatic nitrogens is 3. The van der Waals surface area contributed by atoms with E-state index in [1.165, 1.54) is 10.6 Å². The van der Waals surface area contributed by atoms with Crippen LogP contribution in [-0.2, 0) is 4.74 Å². The molecule has 2 aromatic rings. The smallest absolute Gasteiger partial charge is 0.358 e. The predicted molar refractivity (Wildman–Crippen MR) is 58.7 cm³/mol. The largest absolute Gasteiger partial charge is 0.461 e. The normalized spacial score (nSPS) is 10.7. The van der Waals surface area contributed by atoms with E-state index in [-0.39, 0.29) is 5.69 Å². The van der Waals surface area contributed by atoms with Crippen molar-refractivity contribution in [2.75, 3.05) is 6.61 Å². The molecule has 0 fully saturated rings. The summed E-state index contributed by atoms with van der Waals surface area (Å²) < 4.78 is 6.32. The van der Waals surface area contributed by atoms with E-state index in [0.29, 0.717) is 17.3 Å². The highest BCUT2D eigenvalue weighted by Crippen LogP contribution is 2.17. The van der Waals surface area contributed by atoms with Gasteiger partial charge in [0.15, 0.2) is 11.3 Å². The van der Waals surface area contributed by atoms with Gasteiger partial charge in [-0.25, -0.2) is 14.3 Å². The molecule has 0 saturated carbocycles. The first-order chi connectivity index (χ1) is 7.61. The average molecular weight is 240 g/mol. The summed E-state index contributed by atoms with van der Waals surface area (Å²) >= 11 is 5.99. The van der Waals surface area contributed by atoms with Gasteiger partial charge < -0.3 is 4.74 Å². The van der Waals surface area contributed by atoms with Crippen LogP contribution in [0.25, 0.3) is 5.65 Å². The lowest BCUT2D eigenvalue weighted by Gasteiger charge is -2.02. The lowest BCUT2D eigenvalue weighted by Crippen LogP contribution is -2.09. The zero-order chi connectivity index (χ0) is 11.7. The molecule has 16 heavy (non-hydrogen) atoms. The fourth-order valence-corrected chi connectivity index (χ4v) is 1.59. The number of hydrogen-bond donors (Lipinski definition) is 0. The van der Waals surface area contributed by atoms with Gasteiger partial charge in [-0.1, -0.05) is 11.6 Å². The molecule has 84 valence electrons. The summed E-state index contributed by atoms with van der Waals surface area (Å²) in [7, 11) is 0. The van der Waals surface area contributed by atoms with Crippen molar-refractivity contribution >= 4 is 23.2 Å². The minimum atomic E-state index is -0.488. The highest BCUT2D eigenvalue weighted by atomic mass is 35.5. The summed E-state index contributed by atoms with van der Waals surface area (Å²) in [5, 5.41) is 4.45. The Labute approximate surface area is 97.0 Å². The van der Waals surface area contributed by atoms with E-state index in [9.17, 15) is 4.79 Å². The van der Waals surface area contributed by atoms with Gasteiger partial charge in [-0.15, -0.1) is 0 Å². The van der Waals surface area contributed by atoms with Gasteiger partial charge in [0, 0.05) is 0 Å². The number of aryl methyl sites for hydroxylation is 1. The van der Waals surface area contributed by atoms with E-state index in [4.69, 9.17) is 16.3 Å². The van der Waals surface area contributed by atoms with Gasteiger partial charge in [0.25, 0.3) is 0 Å². The molecule has 0 spiro atoms. The van der Waals surface area contributed by atoms with Crippen molar-refractivity contribution in [3.63, 3.8) is 0 Å². The Bertz CT molecular complexity index is 550. The number of esters is 1. The van der Waals surface area contributed by atoms with Crippen LogP contribution in [0.15, 0.2) is 12.3 Å². The second kappa shape index (κ2) is 4.09. The fourth-order valence-electron chi connectivity index (χ4n) is 1.36. The molecule has 0 aliphatic rings. The number of fused-ring (bicyclic) bond motifs is 1. The van der Waals surface area contributed by atoms with Crippen LogP contribution in [0.4, 0.5) is 0 Å². The topological polar surface area (TPSA) is 56.5 Å². The van der Waals surface area contributed by atoms with Crippen molar-refractivity contribution in [1.82, 2.24) is 14.6 Å². The highest BCUT2D eigenvalue weighted by Gasteiger charge is 2.13. The minimum Gasteiger partial charge on any atom is -0.461 e. The second-order valence-electron chi connectivity index (χ2n) is 3.25. The molecular formula is C10H10ClN3O2. The number of rotatable bonds is 2. The minimum absolute atomic E-state index is 0.178. The summed E-state index contributed by atoms with van der Waals surface area (Å²) in [6.45, 7) is 3.87. The van der Waals surface area contributed by atoms with Crippen LogP contribution >= 0.6 is 11.6 Å². The van der Waals surface area contributed by atoms with Crippen LogP contribution in [0, 0.1) is 6.92 Å². The molecule has 2 heterocycles. The Morgan fingerprint density at radius 1 is 1.62 bits per heavy atom. The van der Waals surface area contributed by atoms with E-state index < -0.39 is 5.97 Å². The molecule has 0 atom stereocenters. The van der Waals surface area contributed by atoms with Gasteiger partial charge in [-0.3, -0.25) is 0 Å². The third-order valence-electron chi connectivity index (χ3n) is 1.99. The van der Waals surface area contributed by atoms with Crippen LogP contribution < -0.4 is 0 Å². The van der Waals surface area contributed by atoms with Gasteiger partial charge in [-0.2, -0.15) is 5.10 Å². The first kappa shape index (κ1) is 10.9. The number of hydrogen-bond acceptors (Lipinski definition) is 4. The fraction of sp³-hybridized carbons (Fsp3) is 0.300. The molecule has 0 amide bonds. The Morgan fingerprint density at radius 3 is 3.06 bits per heavy atom. The monoisotopic (exact) mass is 239 g/mol. The molecule has 0 unspecified atom stereocenters. The van der Waals surface area contributed by atoms with Crippen LogP contribution in [0.2, 0.25) is 5.02 Å². The van der Waals surface area contributed by atoms with Gasteiger partial charge in [0.2, 0.25) is 0 Å². The zero-order valence-electron chi connectivity index (χ0n) is 8.90. The maximum atomic E-state index is 11.5. The third kappa shape index (κ3) is 1.86. The second-order valence-corrected chi connectivity index (χ2v) is 3.66. The molecule has 0 N–H and O–H groups in total. The highest BCUT2D eigenvalue weighted by molar-refractivity contribution is 6.33. The van der Waals surface area contributed by atoms with Gasteiger partial charge in [0.1, 0.15) is 0 Å². The molecule has 0 aliphatic carbocycles. The van der Waals surface area contributed by atoms with Crippen molar-refractivity contribution in [3.8, 4) is 0 Å². The Kier molecular flexibility index (Phi) is 2.78. The molecule has 5 nitrogen and oxygen atoms in total. The molecule has 6 heteroatoms. The Hall–Kier alpha value is -1.62. The van der Waals surface area contributed by atoms with Crippen LogP contribution in [0.1, 0.15) is 23.1 Å². The number of carbonyl (C=O) groups excluding carboxylic acids is 1. The summed E-state index contributed by atoms with van der Waals surface area (Å²) in [4.78, 5) is 15.6. The molecule has 0 radical (unpaired) electrons. The number of nitrogens with zero attached hydrogens (tertiary/aromatic N) is 3. The lowest BCUT2D eigenvalue weighted by atomic mass is 10.4. The number of ether oxygens (including phenoxy) is 1. The molecule has 2 rings (SSSR count). The van der Waals surface area contributed by atoms with E-state index in [0.717, 1.165) is 5.69 Å². The summed E-state index contributed by atoms with van der Waals surface area (Å²) in [6, 6.07) is 1.46. The first-order valence-corrected chi connectivity index (χ1v) is 5.19. The van der Waals surface area contributed by atoms with Crippen molar-refractivity contribution in [1.29, 1.82) is 0 Å². The maximum Gasteiger partial charge on any atom is 0.358 e. The van der Waals surface area contributed by atoms with Crippen molar-refractivity contribution in [2.45, 2.75) is 13.8 Å². The molecule has 0 aliphatic heterocycles.